The molecule has 0 fully saturated rings. The van der Waals surface area contributed by atoms with Crippen LogP contribution in [0.3, 0.4) is 0 Å². The van der Waals surface area contributed by atoms with Gasteiger partial charge in [0, 0.05) is 18.0 Å². The summed E-state index contributed by atoms with van der Waals surface area (Å²) in [6, 6.07) is -0.827. The van der Waals surface area contributed by atoms with Crippen LogP contribution < -0.4 is 16.3 Å². The number of ether oxygens (including phenoxy) is 1. The Hall–Kier alpha value is -2.23. The van der Waals surface area contributed by atoms with E-state index in [0.29, 0.717) is 28.7 Å². The highest BCUT2D eigenvalue weighted by atomic mass is 32.2. The molecule has 1 aromatic rings. The van der Waals surface area contributed by atoms with Gasteiger partial charge in [0.25, 0.3) is 0 Å². The zero-order valence-corrected chi connectivity index (χ0v) is 15.4. The van der Waals surface area contributed by atoms with E-state index >= 15 is 0 Å². The third-order valence-corrected chi connectivity index (χ3v) is 4.67. The van der Waals surface area contributed by atoms with Gasteiger partial charge in [-0.05, 0) is 20.3 Å². The zero-order valence-electron chi connectivity index (χ0n) is 14.5. The molecular formula is C15H23N5O4S. The standard InChI is InChI=1S/C15H23N5O4S/c1-4-6-7-20-14(23)18-19-15(20)25-8-10-11(12(21)24-5-2)9(3)16-13(22)17-10/h9H,4-8H2,1-3H3,(H,18,23)(H2,16,17,22)/t9-/m1/s1. The van der Waals surface area contributed by atoms with Crippen LogP contribution in [0.25, 0.3) is 0 Å². The molecule has 1 aromatic heterocycles. The van der Waals surface area contributed by atoms with Gasteiger partial charge in [-0.15, -0.1) is 5.10 Å². The van der Waals surface area contributed by atoms with E-state index < -0.39 is 12.0 Å². The number of rotatable bonds is 8. The van der Waals surface area contributed by atoms with E-state index in [0.717, 1.165) is 12.8 Å². The Balaban J connectivity index is 2.21. The summed E-state index contributed by atoms with van der Waals surface area (Å²) in [4.78, 5) is 35.8. The van der Waals surface area contributed by atoms with Crippen LogP contribution in [-0.4, -0.2) is 45.2 Å². The fourth-order valence-electron chi connectivity index (χ4n) is 2.46. The van der Waals surface area contributed by atoms with Crippen molar-refractivity contribution in [3.8, 4) is 0 Å². The van der Waals surface area contributed by atoms with Crippen molar-refractivity contribution in [2.45, 2.75) is 51.4 Å². The number of urea groups is 1. The summed E-state index contributed by atoms with van der Waals surface area (Å²) in [5, 5.41) is 12.3. The van der Waals surface area contributed by atoms with E-state index in [9.17, 15) is 14.4 Å². The largest absolute Gasteiger partial charge is 0.463 e. The maximum absolute atomic E-state index is 12.2. The van der Waals surface area contributed by atoms with Crippen molar-refractivity contribution < 1.29 is 14.3 Å². The van der Waals surface area contributed by atoms with Crippen LogP contribution in [0.15, 0.2) is 21.2 Å². The Morgan fingerprint density at radius 1 is 1.36 bits per heavy atom. The predicted molar refractivity (Wildman–Crippen MR) is 93.3 cm³/mol. The number of hydrogen-bond acceptors (Lipinski definition) is 6. The van der Waals surface area contributed by atoms with Crippen LogP contribution in [0.5, 0.6) is 0 Å². The molecule has 0 saturated carbocycles. The molecule has 1 aliphatic rings. The van der Waals surface area contributed by atoms with Gasteiger partial charge < -0.3 is 15.4 Å². The van der Waals surface area contributed by atoms with Crippen molar-refractivity contribution in [3.05, 3.63) is 21.8 Å². The number of unbranched alkanes of at least 4 members (excludes halogenated alkanes) is 1. The lowest BCUT2D eigenvalue weighted by Gasteiger charge is -2.26. The average molecular weight is 369 g/mol. The number of nitrogens with zero attached hydrogens (tertiary/aromatic N) is 2. The van der Waals surface area contributed by atoms with Gasteiger partial charge >= 0.3 is 17.7 Å². The molecule has 0 unspecified atom stereocenters. The normalized spacial score (nSPS) is 17.2. The maximum Gasteiger partial charge on any atom is 0.343 e. The molecule has 0 radical (unpaired) electrons. The fraction of sp³-hybridized carbons (Fsp3) is 0.600. The third-order valence-electron chi connectivity index (χ3n) is 3.67. The Bertz CT molecular complexity index is 724. The lowest BCUT2D eigenvalue weighted by molar-refractivity contribution is -0.138. The molecule has 9 nitrogen and oxygen atoms in total. The first-order chi connectivity index (χ1) is 12.0. The first-order valence-corrected chi connectivity index (χ1v) is 9.22. The van der Waals surface area contributed by atoms with E-state index in [4.69, 9.17) is 4.74 Å². The number of hydrogen-bond donors (Lipinski definition) is 3. The number of aromatic amines is 1. The minimum absolute atomic E-state index is 0.249. The van der Waals surface area contributed by atoms with Crippen LogP contribution in [0.2, 0.25) is 0 Å². The van der Waals surface area contributed by atoms with Gasteiger partial charge in [0.1, 0.15) is 0 Å². The minimum Gasteiger partial charge on any atom is -0.463 e. The Labute approximate surface area is 149 Å². The van der Waals surface area contributed by atoms with E-state index in [1.165, 1.54) is 11.8 Å². The van der Waals surface area contributed by atoms with Crippen molar-refractivity contribution in [2.75, 3.05) is 12.4 Å². The first-order valence-electron chi connectivity index (χ1n) is 8.23. The quantitative estimate of drug-likeness (QED) is 0.464. The van der Waals surface area contributed by atoms with E-state index in [2.05, 4.69) is 20.8 Å². The summed E-state index contributed by atoms with van der Waals surface area (Å²) < 4.78 is 6.64. The van der Waals surface area contributed by atoms with Gasteiger partial charge in [0.05, 0.1) is 18.2 Å². The Kier molecular flexibility index (Phi) is 6.68. The highest BCUT2D eigenvalue weighted by Crippen LogP contribution is 2.22. The monoisotopic (exact) mass is 369 g/mol. The molecule has 25 heavy (non-hydrogen) atoms. The smallest absolute Gasteiger partial charge is 0.343 e. The molecule has 0 spiro atoms. The van der Waals surface area contributed by atoms with Crippen molar-refractivity contribution in [1.29, 1.82) is 0 Å². The van der Waals surface area contributed by atoms with Gasteiger partial charge in [-0.25, -0.2) is 19.5 Å². The number of carbonyl (C=O) groups excluding carboxylic acids is 2. The number of thioether (sulfide) groups is 1. The second-order valence-corrected chi connectivity index (χ2v) is 6.48. The summed E-state index contributed by atoms with van der Waals surface area (Å²) in [6.45, 7) is 6.31. The number of esters is 1. The van der Waals surface area contributed by atoms with Crippen LogP contribution >= 0.6 is 11.8 Å². The molecule has 0 aromatic carbocycles. The second-order valence-electron chi connectivity index (χ2n) is 5.54. The van der Waals surface area contributed by atoms with Crippen molar-refractivity contribution in [3.63, 3.8) is 0 Å². The van der Waals surface area contributed by atoms with Gasteiger partial charge in [-0.1, -0.05) is 25.1 Å². The summed E-state index contributed by atoms with van der Waals surface area (Å²) in [6.07, 6.45) is 1.82. The molecule has 2 amide bonds. The number of carbonyl (C=O) groups is 2. The van der Waals surface area contributed by atoms with E-state index in [1.807, 2.05) is 6.92 Å². The van der Waals surface area contributed by atoms with Crippen LogP contribution in [0.4, 0.5) is 4.79 Å². The molecule has 1 atom stereocenters. The summed E-state index contributed by atoms with van der Waals surface area (Å²) in [7, 11) is 0. The number of amides is 2. The summed E-state index contributed by atoms with van der Waals surface area (Å²) in [5.74, 6) is -0.175. The first kappa shape index (κ1) is 19.1. The lowest BCUT2D eigenvalue weighted by atomic mass is 10.1. The molecular weight excluding hydrogens is 346 g/mol. The average Bonchev–Trinajstić information content (AvgIpc) is 2.90. The van der Waals surface area contributed by atoms with Gasteiger partial charge in [-0.2, -0.15) is 0 Å². The van der Waals surface area contributed by atoms with Gasteiger partial charge in [0.15, 0.2) is 5.16 Å². The molecule has 1 aliphatic heterocycles. The van der Waals surface area contributed by atoms with E-state index in [1.54, 1.807) is 18.4 Å². The van der Waals surface area contributed by atoms with Crippen molar-refractivity contribution >= 4 is 23.8 Å². The molecule has 138 valence electrons. The summed E-state index contributed by atoms with van der Waals surface area (Å²) >= 11 is 1.28. The Morgan fingerprint density at radius 3 is 2.80 bits per heavy atom. The SMILES string of the molecule is CCCCn1c(SCC2=C(C(=O)OCC)[C@@H](C)NC(=O)N2)n[nH]c1=O. The third kappa shape index (κ3) is 4.65. The predicted octanol–water partition coefficient (Wildman–Crippen LogP) is 0.982. The highest BCUT2D eigenvalue weighted by molar-refractivity contribution is 7.99. The van der Waals surface area contributed by atoms with Crippen molar-refractivity contribution in [1.82, 2.24) is 25.4 Å². The summed E-state index contributed by atoms with van der Waals surface area (Å²) in [5.41, 5.74) is 0.586. The number of H-pyrrole nitrogens is 1. The van der Waals surface area contributed by atoms with Crippen LogP contribution in [0.1, 0.15) is 33.6 Å². The van der Waals surface area contributed by atoms with Crippen LogP contribution in [0, 0.1) is 0 Å². The number of nitrogens with one attached hydrogen (secondary N) is 3. The Morgan fingerprint density at radius 2 is 2.12 bits per heavy atom. The maximum atomic E-state index is 12.2. The van der Waals surface area contributed by atoms with Crippen molar-refractivity contribution in [2.24, 2.45) is 0 Å². The molecule has 0 bridgehead atoms. The van der Waals surface area contributed by atoms with Crippen LogP contribution in [-0.2, 0) is 16.1 Å². The van der Waals surface area contributed by atoms with Gasteiger partial charge in [0.2, 0.25) is 0 Å². The zero-order chi connectivity index (χ0) is 18.4. The molecule has 2 rings (SSSR count). The molecule has 10 heteroatoms. The van der Waals surface area contributed by atoms with E-state index in [-0.39, 0.29) is 18.3 Å². The van der Waals surface area contributed by atoms with Gasteiger partial charge in [-0.3, -0.25) is 4.57 Å². The molecule has 3 N–H and O–H groups in total. The topological polar surface area (TPSA) is 118 Å². The second kappa shape index (κ2) is 8.75. The molecule has 2 heterocycles. The molecule has 0 saturated heterocycles. The number of aromatic nitrogens is 3. The minimum atomic E-state index is -0.469. The lowest BCUT2D eigenvalue weighted by Crippen LogP contribution is -2.49. The fourth-order valence-corrected chi connectivity index (χ4v) is 3.40. The molecule has 0 aliphatic carbocycles. The highest BCUT2D eigenvalue weighted by Gasteiger charge is 2.29.